The van der Waals surface area contributed by atoms with Gasteiger partial charge in [0.15, 0.2) is 0 Å². The fourth-order valence-corrected chi connectivity index (χ4v) is 3.74. The van der Waals surface area contributed by atoms with Crippen LogP contribution in [-0.2, 0) is 6.42 Å². The van der Waals surface area contributed by atoms with Crippen LogP contribution in [0.25, 0.3) is 0 Å². The van der Waals surface area contributed by atoms with Crippen LogP contribution in [0.4, 0.5) is 0 Å². The topological polar surface area (TPSA) is 35.2 Å². The third-order valence-electron chi connectivity index (χ3n) is 2.60. The molecule has 2 rings (SSSR count). The maximum atomic E-state index is 6.02. The lowest BCUT2D eigenvalue weighted by atomic mass is 10.1. The zero-order chi connectivity index (χ0) is 10.3. The fourth-order valence-electron chi connectivity index (χ4n) is 1.91. The number of benzene rings is 1. The molecule has 1 aliphatic rings. The molecule has 1 aromatic carbocycles. The zero-order valence-electron chi connectivity index (χ0n) is 7.81. The van der Waals surface area contributed by atoms with E-state index in [2.05, 4.69) is 37.9 Å². The summed E-state index contributed by atoms with van der Waals surface area (Å²) >= 11 is 7.03. The SMILES string of the molecule is COc1c(Br)cc2c(c1Br)[C@H](N)CC2. The highest BCUT2D eigenvalue weighted by Crippen LogP contribution is 2.44. The van der Waals surface area contributed by atoms with Gasteiger partial charge in [0.1, 0.15) is 5.75 Å². The molecule has 0 aliphatic heterocycles. The zero-order valence-corrected chi connectivity index (χ0v) is 11.0. The van der Waals surface area contributed by atoms with Gasteiger partial charge in [0.25, 0.3) is 0 Å². The highest BCUT2D eigenvalue weighted by molar-refractivity contribution is 9.11. The first kappa shape index (κ1) is 10.5. The maximum Gasteiger partial charge on any atom is 0.147 e. The molecule has 76 valence electrons. The predicted molar refractivity (Wildman–Crippen MR) is 63.6 cm³/mol. The van der Waals surface area contributed by atoms with E-state index in [4.69, 9.17) is 10.5 Å². The van der Waals surface area contributed by atoms with Crippen molar-refractivity contribution in [3.8, 4) is 5.75 Å². The fraction of sp³-hybridized carbons (Fsp3) is 0.400. The lowest BCUT2D eigenvalue weighted by Crippen LogP contribution is -2.06. The molecule has 0 spiro atoms. The summed E-state index contributed by atoms with van der Waals surface area (Å²) < 4.78 is 7.28. The van der Waals surface area contributed by atoms with Gasteiger partial charge < -0.3 is 10.5 Å². The van der Waals surface area contributed by atoms with Crippen LogP contribution in [0.2, 0.25) is 0 Å². The van der Waals surface area contributed by atoms with E-state index in [1.54, 1.807) is 7.11 Å². The number of hydrogen-bond acceptors (Lipinski definition) is 2. The number of halogens is 2. The number of methoxy groups -OCH3 is 1. The van der Waals surface area contributed by atoms with Crippen LogP contribution in [0.1, 0.15) is 23.6 Å². The van der Waals surface area contributed by atoms with Crippen LogP contribution >= 0.6 is 31.9 Å². The largest absolute Gasteiger partial charge is 0.494 e. The Labute approximate surface area is 100 Å². The number of ether oxygens (including phenoxy) is 1. The van der Waals surface area contributed by atoms with Crippen molar-refractivity contribution in [1.29, 1.82) is 0 Å². The van der Waals surface area contributed by atoms with Gasteiger partial charge in [0.05, 0.1) is 16.1 Å². The van der Waals surface area contributed by atoms with Crippen LogP contribution in [0, 0.1) is 0 Å². The van der Waals surface area contributed by atoms with Crippen LogP contribution < -0.4 is 10.5 Å². The van der Waals surface area contributed by atoms with Crippen molar-refractivity contribution in [1.82, 2.24) is 0 Å². The van der Waals surface area contributed by atoms with E-state index in [-0.39, 0.29) is 6.04 Å². The van der Waals surface area contributed by atoms with Gasteiger partial charge in [-0.3, -0.25) is 0 Å². The molecule has 0 heterocycles. The standard InChI is InChI=1S/C10H11Br2NO/c1-14-10-6(11)4-5-2-3-7(13)8(5)9(10)12/h4,7H,2-3,13H2,1H3/t7-/m1/s1. The van der Waals surface area contributed by atoms with E-state index in [0.717, 1.165) is 27.5 Å². The lowest BCUT2D eigenvalue weighted by Gasteiger charge is -2.13. The molecule has 1 aliphatic carbocycles. The summed E-state index contributed by atoms with van der Waals surface area (Å²) in [7, 11) is 1.66. The third-order valence-corrected chi connectivity index (χ3v) is 3.98. The molecule has 0 bridgehead atoms. The number of fused-ring (bicyclic) bond motifs is 1. The van der Waals surface area contributed by atoms with Crippen LogP contribution in [0.3, 0.4) is 0 Å². The monoisotopic (exact) mass is 319 g/mol. The van der Waals surface area contributed by atoms with Gasteiger partial charge in [-0.15, -0.1) is 0 Å². The molecule has 0 fully saturated rings. The molecule has 0 aromatic heterocycles. The van der Waals surface area contributed by atoms with E-state index in [0.29, 0.717) is 0 Å². The quantitative estimate of drug-likeness (QED) is 0.862. The van der Waals surface area contributed by atoms with E-state index in [1.165, 1.54) is 11.1 Å². The molecule has 0 saturated carbocycles. The van der Waals surface area contributed by atoms with Gasteiger partial charge in [0, 0.05) is 6.04 Å². The first-order valence-electron chi connectivity index (χ1n) is 4.45. The second-order valence-electron chi connectivity index (χ2n) is 3.42. The second kappa shape index (κ2) is 3.83. The molecule has 2 N–H and O–H groups in total. The smallest absolute Gasteiger partial charge is 0.147 e. The molecule has 0 saturated heterocycles. The van der Waals surface area contributed by atoms with Crippen LogP contribution in [-0.4, -0.2) is 7.11 Å². The molecule has 1 aromatic rings. The Morgan fingerprint density at radius 2 is 2.21 bits per heavy atom. The number of aryl methyl sites for hydroxylation is 1. The maximum absolute atomic E-state index is 6.02. The molecule has 0 radical (unpaired) electrons. The van der Waals surface area contributed by atoms with Crippen LogP contribution in [0.15, 0.2) is 15.0 Å². The molecule has 14 heavy (non-hydrogen) atoms. The summed E-state index contributed by atoms with van der Waals surface area (Å²) in [6.45, 7) is 0. The van der Waals surface area contributed by atoms with Gasteiger partial charge >= 0.3 is 0 Å². The molecule has 0 unspecified atom stereocenters. The average Bonchev–Trinajstić information content (AvgIpc) is 2.48. The van der Waals surface area contributed by atoms with Crippen molar-refractivity contribution >= 4 is 31.9 Å². The first-order chi connectivity index (χ1) is 6.65. The third kappa shape index (κ3) is 1.49. The minimum atomic E-state index is 0.140. The highest BCUT2D eigenvalue weighted by atomic mass is 79.9. The minimum absolute atomic E-state index is 0.140. The van der Waals surface area contributed by atoms with E-state index in [1.807, 2.05) is 0 Å². The number of rotatable bonds is 1. The van der Waals surface area contributed by atoms with E-state index in [9.17, 15) is 0 Å². The van der Waals surface area contributed by atoms with Crippen LogP contribution in [0.5, 0.6) is 5.75 Å². The second-order valence-corrected chi connectivity index (χ2v) is 5.07. The van der Waals surface area contributed by atoms with Crippen molar-refractivity contribution in [3.63, 3.8) is 0 Å². The first-order valence-corrected chi connectivity index (χ1v) is 6.04. The highest BCUT2D eigenvalue weighted by Gasteiger charge is 2.25. The summed E-state index contributed by atoms with van der Waals surface area (Å²) in [4.78, 5) is 0. The normalized spacial score (nSPS) is 19.6. The van der Waals surface area contributed by atoms with Gasteiger partial charge in [-0.1, -0.05) is 0 Å². The number of hydrogen-bond donors (Lipinski definition) is 1. The minimum Gasteiger partial charge on any atom is -0.494 e. The number of nitrogens with two attached hydrogens (primary N) is 1. The van der Waals surface area contributed by atoms with Crippen molar-refractivity contribution in [2.75, 3.05) is 7.11 Å². The van der Waals surface area contributed by atoms with E-state index < -0.39 is 0 Å². The van der Waals surface area contributed by atoms with Gasteiger partial charge in [0.2, 0.25) is 0 Å². The average molecular weight is 321 g/mol. The predicted octanol–water partition coefficient (Wildman–Crippen LogP) is 3.17. The van der Waals surface area contributed by atoms with Crippen molar-refractivity contribution in [2.45, 2.75) is 18.9 Å². The Hall–Kier alpha value is -0.0600. The molecular formula is C10H11Br2NO. The summed E-state index contributed by atoms with van der Waals surface area (Å²) in [6, 6.07) is 2.24. The Bertz CT molecular complexity index is 379. The lowest BCUT2D eigenvalue weighted by molar-refractivity contribution is 0.408. The summed E-state index contributed by atoms with van der Waals surface area (Å²) in [5.74, 6) is 0.834. The van der Waals surface area contributed by atoms with Gasteiger partial charge in [-0.2, -0.15) is 0 Å². The molecule has 1 atom stereocenters. The van der Waals surface area contributed by atoms with Crippen molar-refractivity contribution in [2.24, 2.45) is 5.73 Å². The van der Waals surface area contributed by atoms with Crippen molar-refractivity contribution in [3.05, 3.63) is 26.1 Å². The Balaban J connectivity index is 2.64. The molecule has 4 heteroatoms. The summed E-state index contributed by atoms with van der Waals surface area (Å²) in [5.41, 5.74) is 8.54. The van der Waals surface area contributed by atoms with E-state index >= 15 is 0 Å². The van der Waals surface area contributed by atoms with Crippen molar-refractivity contribution < 1.29 is 4.74 Å². The Morgan fingerprint density at radius 1 is 1.50 bits per heavy atom. The molecular weight excluding hydrogens is 310 g/mol. The summed E-state index contributed by atoms with van der Waals surface area (Å²) in [5, 5.41) is 0. The Morgan fingerprint density at radius 3 is 2.86 bits per heavy atom. The van der Waals surface area contributed by atoms with Gasteiger partial charge in [-0.25, -0.2) is 0 Å². The summed E-state index contributed by atoms with van der Waals surface area (Å²) in [6.07, 6.45) is 2.07. The Kier molecular flexibility index (Phi) is 2.86. The molecule has 0 amide bonds. The van der Waals surface area contributed by atoms with Gasteiger partial charge in [-0.05, 0) is 61.9 Å². The molecule has 2 nitrogen and oxygen atoms in total.